The zero-order valence-electron chi connectivity index (χ0n) is 16.1. The van der Waals surface area contributed by atoms with Gasteiger partial charge in [0.05, 0.1) is 25.0 Å². The molecule has 0 fully saturated rings. The third kappa shape index (κ3) is 8.70. The van der Waals surface area contributed by atoms with Crippen molar-refractivity contribution in [2.45, 2.75) is 9.84 Å². The van der Waals surface area contributed by atoms with Crippen LogP contribution >= 0.6 is 46.4 Å². The Kier molecular flexibility index (Phi) is 9.05. The van der Waals surface area contributed by atoms with Gasteiger partial charge in [0.15, 0.2) is 4.33 Å². The Labute approximate surface area is 206 Å². The number of benzene rings is 1. The zero-order chi connectivity index (χ0) is 24.9. The Morgan fingerprint density at radius 1 is 1.06 bits per heavy atom. The lowest BCUT2D eigenvalue weighted by Crippen LogP contribution is -2.45. The number of nitrogens with one attached hydrogen (secondary N) is 3. The molecule has 0 aliphatic carbocycles. The first-order chi connectivity index (χ1) is 15.2. The van der Waals surface area contributed by atoms with Crippen LogP contribution in [0.5, 0.6) is 0 Å². The molecule has 180 valence electrons. The van der Waals surface area contributed by atoms with Crippen LogP contribution in [0.15, 0.2) is 47.1 Å². The van der Waals surface area contributed by atoms with Crippen LogP contribution in [0.4, 0.5) is 18.9 Å². The van der Waals surface area contributed by atoms with Crippen LogP contribution in [-0.4, -0.2) is 48.2 Å². The number of anilines is 1. The summed E-state index contributed by atoms with van der Waals surface area (Å²) in [6, 6.07) is 6.95. The number of hydrogen-bond donors (Lipinski definition) is 3. The number of aromatic nitrogens is 1. The van der Waals surface area contributed by atoms with Gasteiger partial charge in [-0.15, -0.1) is 4.40 Å². The van der Waals surface area contributed by atoms with Gasteiger partial charge in [-0.3, -0.25) is 9.78 Å². The number of hydrogen-bond acceptors (Lipinski definition) is 4. The first-order valence-electron chi connectivity index (χ1n) is 8.63. The average Bonchev–Trinajstić information content (AvgIpc) is 2.69. The number of halogens is 7. The summed E-state index contributed by atoms with van der Waals surface area (Å²) < 4.78 is 62.1. The molecule has 0 saturated heterocycles. The molecule has 8 nitrogen and oxygen atoms in total. The summed E-state index contributed by atoms with van der Waals surface area (Å²) in [5.41, 5.74) is -5.40. The van der Waals surface area contributed by atoms with Crippen LogP contribution in [0, 0.1) is 0 Å². The second-order valence-electron chi connectivity index (χ2n) is 6.28. The Bertz CT molecular complexity index is 1110. The molecule has 0 spiro atoms. The topological polar surface area (TPSA) is 113 Å². The van der Waals surface area contributed by atoms with E-state index < -0.39 is 44.8 Å². The van der Waals surface area contributed by atoms with Crippen molar-refractivity contribution in [1.82, 2.24) is 15.6 Å². The second kappa shape index (κ2) is 11.0. The molecule has 33 heavy (non-hydrogen) atoms. The van der Waals surface area contributed by atoms with E-state index in [9.17, 15) is 26.4 Å². The van der Waals surface area contributed by atoms with Gasteiger partial charge in [0.25, 0.3) is 5.91 Å². The summed E-state index contributed by atoms with van der Waals surface area (Å²) in [7, 11) is -5.89. The molecule has 1 aromatic carbocycles. The van der Waals surface area contributed by atoms with Gasteiger partial charge in [0, 0.05) is 21.8 Å². The van der Waals surface area contributed by atoms with E-state index in [2.05, 4.69) is 25.3 Å². The molecule has 16 heteroatoms. The lowest BCUT2D eigenvalue weighted by molar-refractivity contribution is -0.0435. The van der Waals surface area contributed by atoms with Gasteiger partial charge in [-0.2, -0.15) is 21.6 Å². The molecule has 0 aliphatic rings. The highest BCUT2D eigenvalue weighted by Crippen LogP contribution is 2.25. The predicted molar refractivity (Wildman–Crippen MR) is 122 cm³/mol. The van der Waals surface area contributed by atoms with Crippen LogP contribution in [0.25, 0.3) is 0 Å². The molecule has 1 aromatic heterocycles. The molecule has 1 amide bonds. The highest BCUT2D eigenvalue weighted by atomic mass is 35.5. The van der Waals surface area contributed by atoms with Gasteiger partial charge in [0.1, 0.15) is 0 Å². The highest BCUT2D eigenvalue weighted by molar-refractivity contribution is 7.91. The molecule has 0 saturated carbocycles. The zero-order valence-corrected chi connectivity index (χ0v) is 20.0. The fourth-order valence-electron chi connectivity index (χ4n) is 2.12. The quantitative estimate of drug-likeness (QED) is 0.263. The molecule has 0 atom stereocenters. The molecule has 0 bridgehead atoms. The average molecular weight is 567 g/mol. The summed E-state index contributed by atoms with van der Waals surface area (Å²) in [4.78, 5) is 16.0. The summed E-state index contributed by atoms with van der Waals surface area (Å²) in [5, 5.41) is 7.48. The van der Waals surface area contributed by atoms with Crippen LogP contribution < -0.4 is 16.0 Å². The molecular formula is C17H14Cl4F3N5O3S. The minimum atomic E-state index is -5.89. The summed E-state index contributed by atoms with van der Waals surface area (Å²) in [5.74, 6) is -1.45. The molecule has 2 aromatic rings. The SMILES string of the molecule is O=C(NCC(Cl)(Cl)CNC(=NS(=O)(=O)C(F)(F)F)Nc1cccnc1)c1cc(Cl)cc(Cl)c1. The minimum absolute atomic E-state index is 0.112. The van der Waals surface area contributed by atoms with Gasteiger partial charge >= 0.3 is 15.5 Å². The third-order valence-corrected chi connectivity index (χ3v) is 5.55. The first kappa shape index (κ1) is 27.3. The maximum absolute atomic E-state index is 12.8. The third-order valence-electron chi connectivity index (χ3n) is 3.58. The Morgan fingerprint density at radius 3 is 2.21 bits per heavy atom. The van der Waals surface area contributed by atoms with Crippen molar-refractivity contribution in [3.05, 3.63) is 58.3 Å². The van der Waals surface area contributed by atoms with Gasteiger partial charge < -0.3 is 16.0 Å². The number of pyridine rings is 1. The number of sulfonamides is 1. The van der Waals surface area contributed by atoms with E-state index in [-0.39, 0.29) is 21.3 Å². The maximum atomic E-state index is 12.8. The number of rotatable bonds is 7. The van der Waals surface area contributed by atoms with Crippen molar-refractivity contribution >= 4 is 74.0 Å². The number of guanidine groups is 1. The van der Waals surface area contributed by atoms with Gasteiger partial charge in [-0.1, -0.05) is 46.4 Å². The van der Waals surface area contributed by atoms with E-state index in [1.54, 1.807) is 0 Å². The fourth-order valence-corrected chi connectivity index (χ4v) is 3.36. The summed E-state index contributed by atoms with van der Waals surface area (Å²) in [6.07, 6.45) is 2.60. The van der Waals surface area contributed by atoms with Crippen molar-refractivity contribution < 1.29 is 26.4 Å². The standard InChI is InChI=1S/C17H14Cl4F3N5O3S/c18-11-4-10(5-12(19)6-11)14(30)26-8-16(20,21)9-27-15(28-13-2-1-3-25-7-13)29-33(31,32)17(22,23)24/h1-7H,8-9H2,(H,26,30)(H2,27,28,29). The molecule has 0 radical (unpaired) electrons. The van der Waals surface area contributed by atoms with Crippen molar-refractivity contribution in [3.8, 4) is 0 Å². The lowest BCUT2D eigenvalue weighted by Gasteiger charge is -2.22. The monoisotopic (exact) mass is 565 g/mol. The number of carbonyl (C=O) groups is 1. The van der Waals surface area contributed by atoms with E-state index in [1.807, 2.05) is 0 Å². The minimum Gasteiger partial charge on any atom is -0.352 e. The molecule has 0 unspecified atom stereocenters. The number of carbonyl (C=O) groups excluding carboxylic acids is 1. The number of amides is 1. The number of nitrogens with zero attached hydrogens (tertiary/aromatic N) is 2. The molecule has 2 rings (SSSR count). The maximum Gasteiger partial charge on any atom is 0.518 e. The number of alkyl halides is 5. The predicted octanol–water partition coefficient (Wildman–Crippen LogP) is 4.20. The summed E-state index contributed by atoms with van der Waals surface area (Å²) in [6.45, 7) is -0.912. The van der Waals surface area contributed by atoms with Crippen LogP contribution in [0.1, 0.15) is 10.4 Å². The highest BCUT2D eigenvalue weighted by Gasteiger charge is 2.46. The van der Waals surface area contributed by atoms with E-state index in [4.69, 9.17) is 46.4 Å². The molecule has 0 aliphatic heterocycles. The van der Waals surface area contributed by atoms with Crippen LogP contribution in [0.3, 0.4) is 0 Å². The van der Waals surface area contributed by atoms with Gasteiger partial charge in [0.2, 0.25) is 5.96 Å². The Hall–Kier alpha value is -1.99. The molecule has 1 heterocycles. The van der Waals surface area contributed by atoms with Crippen molar-refractivity contribution in [2.24, 2.45) is 4.40 Å². The lowest BCUT2D eigenvalue weighted by atomic mass is 10.2. The molecular weight excluding hydrogens is 553 g/mol. The van der Waals surface area contributed by atoms with Gasteiger partial charge in [-0.25, -0.2) is 0 Å². The Balaban J connectivity index is 2.11. The van der Waals surface area contributed by atoms with E-state index in [0.717, 1.165) is 0 Å². The van der Waals surface area contributed by atoms with Gasteiger partial charge in [-0.05, 0) is 30.3 Å². The molecule has 3 N–H and O–H groups in total. The van der Waals surface area contributed by atoms with E-state index in [1.165, 1.54) is 42.7 Å². The van der Waals surface area contributed by atoms with E-state index >= 15 is 0 Å². The first-order valence-corrected chi connectivity index (χ1v) is 11.6. The normalized spacial score (nSPS) is 12.9. The van der Waals surface area contributed by atoms with Crippen molar-refractivity contribution in [2.75, 3.05) is 18.4 Å². The largest absolute Gasteiger partial charge is 0.518 e. The summed E-state index contributed by atoms with van der Waals surface area (Å²) >= 11 is 23.9. The van der Waals surface area contributed by atoms with Crippen LogP contribution in [0.2, 0.25) is 10.0 Å². The van der Waals surface area contributed by atoms with Crippen LogP contribution in [-0.2, 0) is 10.0 Å². The fraction of sp³-hybridized carbons (Fsp3) is 0.235. The van der Waals surface area contributed by atoms with Crippen molar-refractivity contribution in [3.63, 3.8) is 0 Å². The Morgan fingerprint density at radius 2 is 1.67 bits per heavy atom. The smallest absolute Gasteiger partial charge is 0.352 e. The van der Waals surface area contributed by atoms with Crippen molar-refractivity contribution in [1.29, 1.82) is 0 Å². The second-order valence-corrected chi connectivity index (χ2v) is 10.4. The van der Waals surface area contributed by atoms with E-state index in [0.29, 0.717) is 0 Å².